The number of benzene rings is 1. The molecule has 7 nitrogen and oxygen atoms in total. The first-order chi connectivity index (χ1) is 17.6. The molecule has 2 fully saturated rings. The van der Waals surface area contributed by atoms with Gasteiger partial charge in [-0.05, 0) is 55.7 Å². The fourth-order valence-corrected chi connectivity index (χ4v) is 6.65. The number of ether oxygens (including phenoxy) is 1. The van der Waals surface area contributed by atoms with E-state index in [0.29, 0.717) is 11.7 Å². The van der Waals surface area contributed by atoms with Crippen molar-refractivity contribution in [3.8, 4) is 16.5 Å². The first-order valence-corrected chi connectivity index (χ1v) is 14.0. The maximum Gasteiger partial charge on any atom is 0.326 e. The number of carbonyl (C=O) groups is 2. The maximum absolute atomic E-state index is 13.3. The van der Waals surface area contributed by atoms with E-state index in [1.54, 1.807) is 16.2 Å². The topological polar surface area (TPSA) is 92.6 Å². The van der Waals surface area contributed by atoms with Crippen LogP contribution in [0.15, 0.2) is 23.6 Å². The van der Waals surface area contributed by atoms with Crippen molar-refractivity contribution in [2.75, 3.05) is 0 Å². The molecule has 4 atom stereocenters. The number of hydrogen-bond donors (Lipinski definition) is 1. The number of rotatable bonds is 6. The summed E-state index contributed by atoms with van der Waals surface area (Å²) in [7, 11) is 0. The summed E-state index contributed by atoms with van der Waals surface area (Å²) in [6.45, 7) is 12.4. The molecule has 0 saturated carbocycles. The Kier molecular flexibility index (Phi) is 6.73. The van der Waals surface area contributed by atoms with Crippen molar-refractivity contribution >= 4 is 34.1 Å². The molecule has 0 bridgehead atoms. The van der Waals surface area contributed by atoms with Gasteiger partial charge in [0.05, 0.1) is 17.3 Å². The summed E-state index contributed by atoms with van der Waals surface area (Å²) in [5.74, 6) is -0.00399. The quantitative estimate of drug-likeness (QED) is 0.430. The second-order valence-corrected chi connectivity index (χ2v) is 12.0. The molecular formula is C29H35N3O4S. The molecule has 1 amide bonds. The number of amides is 1. The minimum Gasteiger partial charge on any atom is -0.487 e. The highest BCUT2D eigenvalue weighted by atomic mass is 32.1. The van der Waals surface area contributed by atoms with Crippen molar-refractivity contribution in [1.29, 1.82) is 0 Å². The zero-order chi connectivity index (χ0) is 26.6. The van der Waals surface area contributed by atoms with Crippen LogP contribution in [0, 0.1) is 25.7 Å². The van der Waals surface area contributed by atoms with Gasteiger partial charge in [-0.2, -0.15) is 0 Å². The largest absolute Gasteiger partial charge is 0.487 e. The molecule has 2 saturated heterocycles. The number of carboxylic acid groups (broad SMARTS) is 1. The van der Waals surface area contributed by atoms with Gasteiger partial charge in [-0.1, -0.05) is 33.8 Å². The zero-order valence-corrected chi connectivity index (χ0v) is 23.1. The van der Waals surface area contributed by atoms with E-state index in [9.17, 15) is 14.7 Å². The van der Waals surface area contributed by atoms with E-state index >= 15 is 0 Å². The van der Waals surface area contributed by atoms with Crippen molar-refractivity contribution in [2.24, 2.45) is 11.8 Å². The van der Waals surface area contributed by atoms with Crippen LogP contribution >= 0.6 is 11.3 Å². The number of thiazole rings is 1. The van der Waals surface area contributed by atoms with Crippen LogP contribution in [-0.2, 0) is 9.59 Å². The lowest BCUT2D eigenvalue weighted by molar-refractivity contribution is -0.155. The molecule has 0 aliphatic carbocycles. The lowest BCUT2D eigenvalue weighted by atomic mass is 9.84. The van der Waals surface area contributed by atoms with Gasteiger partial charge >= 0.3 is 5.97 Å². The number of carbonyl (C=O) groups excluding carboxylic acids is 1. The molecular weight excluding hydrogens is 486 g/mol. The van der Waals surface area contributed by atoms with Crippen molar-refractivity contribution in [2.45, 2.75) is 84.9 Å². The minimum absolute atomic E-state index is 0.0551. The highest BCUT2D eigenvalue weighted by Crippen LogP contribution is 2.41. The Morgan fingerprint density at radius 3 is 2.57 bits per heavy atom. The van der Waals surface area contributed by atoms with Gasteiger partial charge in [0.15, 0.2) is 0 Å². The predicted molar refractivity (Wildman–Crippen MR) is 145 cm³/mol. The average Bonchev–Trinajstić information content (AvgIpc) is 3.48. The van der Waals surface area contributed by atoms with Gasteiger partial charge in [-0.25, -0.2) is 14.8 Å². The number of aromatic nitrogens is 2. The molecule has 0 unspecified atom stereocenters. The summed E-state index contributed by atoms with van der Waals surface area (Å²) in [6.07, 6.45) is 1.36. The van der Waals surface area contributed by atoms with E-state index in [-0.39, 0.29) is 30.2 Å². The van der Waals surface area contributed by atoms with Crippen LogP contribution in [0.4, 0.5) is 0 Å². The highest BCUT2D eigenvalue weighted by molar-refractivity contribution is 7.13. The number of pyridine rings is 1. The van der Waals surface area contributed by atoms with Crippen LogP contribution < -0.4 is 4.74 Å². The average molecular weight is 522 g/mol. The number of aryl methyl sites for hydroxylation is 2. The summed E-state index contributed by atoms with van der Waals surface area (Å²) in [4.78, 5) is 37.0. The molecule has 0 spiro atoms. The van der Waals surface area contributed by atoms with Crippen molar-refractivity contribution in [3.63, 3.8) is 0 Å². The second kappa shape index (κ2) is 9.71. The van der Waals surface area contributed by atoms with Gasteiger partial charge in [0.1, 0.15) is 28.6 Å². The number of aliphatic carboxylic acids is 1. The van der Waals surface area contributed by atoms with Gasteiger partial charge < -0.3 is 14.7 Å². The summed E-state index contributed by atoms with van der Waals surface area (Å²) in [6, 6.07) is 4.89. The normalized spacial score (nSPS) is 23.8. The Labute approximate surface area is 221 Å². The predicted octanol–water partition coefficient (Wildman–Crippen LogP) is 5.97. The third-order valence-electron chi connectivity index (χ3n) is 8.09. The SMILES string of the molecule is Cc1ccc2c(O[C@@H]3C[C@@H](C(=O)O)N4C(=O)[C@@H](C(C)C)CC[C@H]34)cc(-c3nc(C(C)C)cs3)nc2c1C. The van der Waals surface area contributed by atoms with Gasteiger partial charge in [-0.3, -0.25) is 4.79 Å². The highest BCUT2D eigenvalue weighted by Gasteiger charge is 2.52. The Bertz CT molecular complexity index is 1360. The Morgan fingerprint density at radius 2 is 1.92 bits per heavy atom. The van der Waals surface area contributed by atoms with Gasteiger partial charge in [0, 0.05) is 29.2 Å². The summed E-state index contributed by atoms with van der Waals surface area (Å²) in [5, 5.41) is 13.8. The fraction of sp³-hybridized carbons (Fsp3) is 0.517. The molecule has 4 heterocycles. The van der Waals surface area contributed by atoms with E-state index in [1.165, 1.54) is 0 Å². The standard InChI is InChI=1S/C29H35N3O4S/c1-14(2)18-9-10-22-25(12-23(29(34)35)32(22)28(18)33)36-24-11-20(27-31-21(13-37-27)15(3)4)30-26-17(6)16(5)7-8-19(24)26/h7-8,11,13-15,18,22-23,25H,9-10,12H2,1-6H3,(H,34,35)/t18-,22-,23+,25-/m1/s1. The van der Waals surface area contributed by atoms with E-state index in [4.69, 9.17) is 14.7 Å². The molecule has 2 aliphatic rings. The summed E-state index contributed by atoms with van der Waals surface area (Å²) in [5.41, 5.74) is 4.85. The molecule has 8 heteroatoms. The van der Waals surface area contributed by atoms with Crippen LogP contribution in [0.25, 0.3) is 21.6 Å². The Balaban J connectivity index is 1.56. The molecule has 2 aliphatic heterocycles. The minimum atomic E-state index is -0.968. The van der Waals surface area contributed by atoms with Crippen LogP contribution in [0.2, 0.25) is 0 Å². The summed E-state index contributed by atoms with van der Waals surface area (Å²) < 4.78 is 6.67. The van der Waals surface area contributed by atoms with Crippen molar-refractivity contribution in [3.05, 3.63) is 40.4 Å². The van der Waals surface area contributed by atoms with Gasteiger partial charge in [-0.15, -0.1) is 11.3 Å². The molecule has 1 N–H and O–H groups in total. The number of nitrogens with zero attached hydrogens (tertiary/aromatic N) is 3. The first-order valence-electron chi connectivity index (χ1n) is 13.1. The van der Waals surface area contributed by atoms with Crippen LogP contribution in [0.1, 0.15) is 69.7 Å². The van der Waals surface area contributed by atoms with Gasteiger partial charge in [0.25, 0.3) is 0 Å². The Morgan fingerprint density at radius 1 is 1.16 bits per heavy atom. The molecule has 3 aromatic rings. The monoisotopic (exact) mass is 521 g/mol. The molecule has 5 rings (SSSR count). The number of carboxylic acids is 1. The molecule has 37 heavy (non-hydrogen) atoms. The second-order valence-electron chi connectivity index (χ2n) is 11.1. The smallest absolute Gasteiger partial charge is 0.326 e. The summed E-state index contributed by atoms with van der Waals surface area (Å²) >= 11 is 1.57. The number of hydrogen-bond acceptors (Lipinski definition) is 6. The third kappa shape index (κ3) is 4.49. The van der Waals surface area contributed by atoms with E-state index in [1.807, 2.05) is 26.0 Å². The van der Waals surface area contributed by atoms with Crippen LogP contribution in [0.5, 0.6) is 5.75 Å². The fourth-order valence-electron chi connectivity index (χ4n) is 5.71. The number of piperidine rings is 1. The Hall–Kier alpha value is -3.00. The van der Waals surface area contributed by atoms with Crippen LogP contribution in [-0.4, -0.2) is 50.0 Å². The van der Waals surface area contributed by atoms with E-state index in [2.05, 4.69) is 39.1 Å². The zero-order valence-electron chi connectivity index (χ0n) is 22.3. The molecule has 196 valence electrons. The molecule has 0 radical (unpaired) electrons. The van der Waals surface area contributed by atoms with E-state index < -0.39 is 18.1 Å². The first kappa shape index (κ1) is 25.6. The maximum atomic E-state index is 13.3. The van der Waals surface area contributed by atoms with Crippen molar-refractivity contribution in [1.82, 2.24) is 14.9 Å². The lowest BCUT2D eigenvalue weighted by Crippen LogP contribution is -2.53. The third-order valence-corrected chi connectivity index (χ3v) is 8.97. The van der Waals surface area contributed by atoms with E-state index in [0.717, 1.165) is 51.3 Å². The van der Waals surface area contributed by atoms with Gasteiger partial charge in [0.2, 0.25) is 5.91 Å². The lowest BCUT2D eigenvalue weighted by Gasteiger charge is -2.39. The number of fused-ring (bicyclic) bond motifs is 2. The van der Waals surface area contributed by atoms with Crippen LogP contribution in [0.3, 0.4) is 0 Å². The molecule has 1 aromatic carbocycles. The molecule has 2 aromatic heterocycles. The van der Waals surface area contributed by atoms with Crippen molar-refractivity contribution < 1.29 is 19.4 Å².